The Hall–Kier alpha value is -0.860. The molecule has 0 saturated heterocycles. The van der Waals surface area contributed by atoms with Crippen LogP contribution in [0, 0.1) is 6.92 Å². The molecule has 0 spiro atoms. The molecule has 120 valence electrons. The van der Waals surface area contributed by atoms with Gasteiger partial charge in [-0.25, -0.2) is 0 Å². The van der Waals surface area contributed by atoms with Crippen molar-refractivity contribution in [2.45, 2.75) is 58.3 Å². The molecule has 2 nitrogen and oxygen atoms in total. The summed E-state index contributed by atoms with van der Waals surface area (Å²) in [6, 6.07) is 8.99. The van der Waals surface area contributed by atoms with E-state index in [0.717, 1.165) is 19.7 Å². The van der Waals surface area contributed by atoms with E-state index in [1.54, 1.807) is 7.11 Å². The zero-order valence-corrected chi connectivity index (χ0v) is 14.2. The molecule has 0 aliphatic heterocycles. The molecule has 21 heavy (non-hydrogen) atoms. The van der Waals surface area contributed by atoms with E-state index < -0.39 is 0 Å². The van der Waals surface area contributed by atoms with Crippen LogP contribution in [0.1, 0.15) is 62.5 Å². The first-order chi connectivity index (χ1) is 10.3. The van der Waals surface area contributed by atoms with E-state index in [0.29, 0.717) is 5.92 Å². The van der Waals surface area contributed by atoms with Crippen molar-refractivity contribution < 1.29 is 4.74 Å². The minimum atomic E-state index is 0.628. The summed E-state index contributed by atoms with van der Waals surface area (Å²) in [7, 11) is 1.76. The quantitative estimate of drug-likeness (QED) is 0.565. The third-order valence-electron chi connectivity index (χ3n) is 4.04. The Morgan fingerprint density at radius 1 is 1.14 bits per heavy atom. The molecule has 1 aromatic rings. The summed E-state index contributed by atoms with van der Waals surface area (Å²) < 4.78 is 5.11. The third kappa shape index (κ3) is 8.23. The molecule has 1 N–H and O–H groups in total. The van der Waals surface area contributed by atoms with Crippen molar-refractivity contribution in [3.63, 3.8) is 0 Å². The highest BCUT2D eigenvalue weighted by atomic mass is 16.5. The van der Waals surface area contributed by atoms with Gasteiger partial charge in [0.1, 0.15) is 0 Å². The van der Waals surface area contributed by atoms with Gasteiger partial charge in [0.25, 0.3) is 0 Å². The van der Waals surface area contributed by atoms with E-state index in [1.165, 1.54) is 49.7 Å². The van der Waals surface area contributed by atoms with Crippen LogP contribution in [0.25, 0.3) is 0 Å². The summed E-state index contributed by atoms with van der Waals surface area (Å²) >= 11 is 0. The van der Waals surface area contributed by atoms with E-state index in [1.807, 2.05) is 0 Å². The van der Waals surface area contributed by atoms with Gasteiger partial charge >= 0.3 is 0 Å². The highest BCUT2D eigenvalue weighted by Gasteiger charge is 2.11. The smallest absolute Gasteiger partial charge is 0.0587 e. The predicted octanol–water partition coefficient (Wildman–Crippen LogP) is 4.68. The minimum absolute atomic E-state index is 0.628. The first-order valence-corrected chi connectivity index (χ1v) is 8.54. The molecule has 2 heteroatoms. The molecular weight excluding hydrogens is 258 g/mol. The maximum atomic E-state index is 5.11. The molecule has 1 aromatic carbocycles. The summed E-state index contributed by atoms with van der Waals surface area (Å²) in [6.45, 7) is 7.24. The Morgan fingerprint density at radius 3 is 2.67 bits per heavy atom. The summed E-state index contributed by atoms with van der Waals surface area (Å²) in [5.41, 5.74) is 2.84. The van der Waals surface area contributed by atoms with Crippen LogP contribution in [-0.2, 0) is 4.74 Å². The highest BCUT2D eigenvalue weighted by molar-refractivity contribution is 5.25. The van der Waals surface area contributed by atoms with Gasteiger partial charge in [-0.15, -0.1) is 0 Å². The van der Waals surface area contributed by atoms with E-state index in [-0.39, 0.29) is 0 Å². The monoisotopic (exact) mass is 291 g/mol. The van der Waals surface area contributed by atoms with E-state index in [9.17, 15) is 0 Å². The lowest BCUT2D eigenvalue weighted by Gasteiger charge is -2.19. The number of nitrogens with one attached hydrogen (secondary N) is 1. The van der Waals surface area contributed by atoms with Crippen LogP contribution in [0.15, 0.2) is 24.3 Å². The van der Waals surface area contributed by atoms with Gasteiger partial charge in [0.15, 0.2) is 0 Å². The molecule has 0 radical (unpaired) electrons. The van der Waals surface area contributed by atoms with Crippen molar-refractivity contribution in [1.82, 2.24) is 5.32 Å². The Labute approximate surface area is 131 Å². The van der Waals surface area contributed by atoms with Crippen molar-refractivity contribution in [3.8, 4) is 0 Å². The highest BCUT2D eigenvalue weighted by Crippen LogP contribution is 2.23. The number of hydrogen-bond acceptors (Lipinski definition) is 2. The Kier molecular flexibility index (Phi) is 10.2. The zero-order chi connectivity index (χ0) is 15.3. The van der Waals surface area contributed by atoms with E-state index in [2.05, 4.69) is 43.4 Å². The average molecular weight is 291 g/mol. The number of ether oxygens (including phenoxy) is 1. The molecule has 1 rings (SSSR count). The number of methoxy groups -OCH3 is 1. The van der Waals surface area contributed by atoms with Gasteiger partial charge in [-0.2, -0.15) is 0 Å². The molecule has 1 unspecified atom stereocenters. The van der Waals surface area contributed by atoms with Crippen molar-refractivity contribution in [1.29, 1.82) is 0 Å². The van der Waals surface area contributed by atoms with Gasteiger partial charge in [0.2, 0.25) is 0 Å². The van der Waals surface area contributed by atoms with Crippen LogP contribution in [0.3, 0.4) is 0 Å². The summed E-state index contributed by atoms with van der Waals surface area (Å²) in [5, 5.41) is 3.53. The molecule has 0 aliphatic carbocycles. The van der Waals surface area contributed by atoms with Crippen molar-refractivity contribution >= 4 is 0 Å². The van der Waals surface area contributed by atoms with Crippen LogP contribution in [0.2, 0.25) is 0 Å². The number of hydrogen-bond donors (Lipinski definition) is 1. The molecule has 1 atom stereocenters. The topological polar surface area (TPSA) is 21.3 Å². The predicted molar refractivity (Wildman–Crippen MR) is 92.0 cm³/mol. The minimum Gasteiger partial charge on any atom is -0.383 e. The van der Waals surface area contributed by atoms with E-state index in [4.69, 9.17) is 4.74 Å². The van der Waals surface area contributed by atoms with Gasteiger partial charge in [-0.05, 0) is 24.8 Å². The Balaban J connectivity index is 2.45. The van der Waals surface area contributed by atoms with Gasteiger partial charge < -0.3 is 10.1 Å². The SMILES string of the molecule is CCCCCCCC(CNCCOC)c1cccc(C)c1. The normalized spacial score (nSPS) is 12.5. The second-order valence-corrected chi connectivity index (χ2v) is 6.01. The van der Waals surface area contributed by atoms with Gasteiger partial charge in [-0.1, -0.05) is 68.9 Å². The second kappa shape index (κ2) is 11.8. The fourth-order valence-corrected chi connectivity index (χ4v) is 2.76. The van der Waals surface area contributed by atoms with Crippen molar-refractivity contribution in [2.75, 3.05) is 26.8 Å². The van der Waals surface area contributed by atoms with Crippen LogP contribution < -0.4 is 5.32 Å². The number of unbranched alkanes of at least 4 members (excludes halogenated alkanes) is 4. The van der Waals surface area contributed by atoms with E-state index >= 15 is 0 Å². The summed E-state index contributed by atoms with van der Waals surface area (Å²) in [5.74, 6) is 0.628. The van der Waals surface area contributed by atoms with Crippen LogP contribution >= 0.6 is 0 Å². The summed E-state index contributed by atoms with van der Waals surface area (Å²) in [6.07, 6.45) is 8.07. The largest absolute Gasteiger partial charge is 0.383 e. The zero-order valence-electron chi connectivity index (χ0n) is 14.2. The van der Waals surface area contributed by atoms with Gasteiger partial charge in [-0.3, -0.25) is 0 Å². The fourth-order valence-electron chi connectivity index (χ4n) is 2.76. The second-order valence-electron chi connectivity index (χ2n) is 6.01. The lowest BCUT2D eigenvalue weighted by molar-refractivity contribution is 0.198. The fraction of sp³-hybridized carbons (Fsp3) is 0.684. The van der Waals surface area contributed by atoms with Crippen molar-refractivity contribution in [3.05, 3.63) is 35.4 Å². The first-order valence-electron chi connectivity index (χ1n) is 8.54. The van der Waals surface area contributed by atoms with Gasteiger partial charge in [0, 0.05) is 20.2 Å². The molecular formula is C19H33NO. The Morgan fingerprint density at radius 2 is 1.95 bits per heavy atom. The van der Waals surface area contributed by atoms with Crippen molar-refractivity contribution in [2.24, 2.45) is 0 Å². The maximum absolute atomic E-state index is 5.11. The maximum Gasteiger partial charge on any atom is 0.0587 e. The summed E-state index contributed by atoms with van der Waals surface area (Å²) in [4.78, 5) is 0. The molecule has 0 saturated carbocycles. The lowest BCUT2D eigenvalue weighted by atomic mass is 9.92. The molecule has 0 aliphatic rings. The molecule has 0 amide bonds. The van der Waals surface area contributed by atoms with Crippen LogP contribution in [-0.4, -0.2) is 26.8 Å². The lowest BCUT2D eigenvalue weighted by Crippen LogP contribution is -2.25. The number of aryl methyl sites for hydroxylation is 1. The molecule has 0 bridgehead atoms. The standard InChI is InChI=1S/C19H33NO/c1-4-5-6-7-8-11-19(16-20-13-14-21-3)18-12-9-10-17(2)15-18/h9-10,12,15,19-20H,4-8,11,13-14,16H2,1-3H3. The molecule has 0 fully saturated rings. The number of benzene rings is 1. The molecule has 0 heterocycles. The Bertz CT molecular complexity index is 364. The van der Waals surface area contributed by atoms with Gasteiger partial charge in [0.05, 0.1) is 6.61 Å². The molecule has 0 aromatic heterocycles. The third-order valence-corrected chi connectivity index (χ3v) is 4.04. The number of rotatable bonds is 12. The van der Waals surface area contributed by atoms with Crippen LogP contribution in [0.5, 0.6) is 0 Å². The average Bonchev–Trinajstić information content (AvgIpc) is 2.49. The first kappa shape index (κ1) is 18.2. The van der Waals surface area contributed by atoms with Crippen LogP contribution in [0.4, 0.5) is 0 Å².